The predicted molar refractivity (Wildman–Crippen MR) is 123 cm³/mol. The van der Waals surface area contributed by atoms with E-state index in [1.807, 2.05) is 38.1 Å². The van der Waals surface area contributed by atoms with E-state index in [2.05, 4.69) is 21.2 Å². The van der Waals surface area contributed by atoms with Crippen molar-refractivity contribution in [3.63, 3.8) is 0 Å². The molecule has 156 valence electrons. The number of hydrogen-bond donors (Lipinski definition) is 1. The van der Waals surface area contributed by atoms with Crippen molar-refractivity contribution in [3.05, 3.63) is 94.5 Å². The second kappa shape index (κ2) is 9.45. The molecule has 0 saturated carbocycles. The van der Waals surface area contributed by atoms with E-state index < -0.39 is 10.0 Å². The highest BCUT2D eigenvalue weighted by molar-refractivity contribution is 9.10. The van der Waals surface area contributed by atoms with Crippen LogP contribution in [0.15, 0.2) is 88.2 Å². The van der Waals surface area contributed by atoms with Gasteiger partial charge in [0.2, 0.25) is 5.91 Å². The molecule has 0 bridgehead atoms. The highest BCUT2D eigenvalue weighted by Crippen LogP contribution is 2.25. The molecule has 0 aliphatic carbocycles. The fraction of sp³-hybridized carbons (Fsp3) is 0.174. The lowest BCUT2D eigenvalue weighted by molar-refractivity contribution is -0.120. The standard InChI is InChI=1S/C23H23BrN2O3S/c1-17-8-10-19(11-9-17)18(2)25-23(27)16-26(21-14-12-20(24)13-15-21)30(28,29)22-6-4-3-5-7-22/h3-15,18H,16H2,1-2H3,(H,25,27)/t18-/m0/s1. The molecule has 0 spiro atoms. The molecule has 3 aromatic carbocycles. The fourth-order valence-corrected chi connectivity index (χ4v) is 4.70. The minimum Gasteiger partial charge on any atom is -0.348 e. The lowest BCUT2D eigenvalue weighted by Crippen LogP contribution is -2.41. The fourth-order valence-electron chi connectivity index (χ4n) is 3.00. The molecule has 0 unspecified atom stereocenters. The minimum absolute atomic E-state index is 0.132. The van der Waals surface area contributed by atoms with Gasteiger partial charge in [0, 0.05) is 4.47 Å². The molecule has 30 heavy (non-hydrogen) atoms. The summed E-state index contributed by atoms with van der Waals surface area (Å²) >= 11 is 3.36. The van der Waals surface area contributed by atoms with Crippen LogP contribution in [0.3, 0.4) is 0 Å². The summed E-state index contributed by atoms with van der Waals surface area (Å²) in [5, 5.41) is 2.90. The average molecular weight is 487 g/mol. The Labute approximate surface area is 185 Å². The molecule has 0 aliphatic heterocycles. The Morgan fingerprint density at radius 1 is 0.967 bits per heavy atom. The lowest BCUT2D eigenvalue weighted by Gasteiger charge is -2.25. The van der Waals surface area contributed by atoms with Crippen molar-refractivity contribution in [3.8, 4) is 0 Å². The maximum atomic E-state index is 13.3. The molecule has 3 rings (SSSR count). The van der Waals surface area contributed by atoms with Crippen LogP contribution in [-0.2, 0) is 14.8 Å². The number of anilines is 1. The van der Waals surface area contributed by atoms with Crippen LogP contribution in [-0.4, -0.2) is 20.9 Å². The van der Waals surface area contributed by atoms with Gasteiger partial charge in [-0.05, 0) is 55.8 Å². The van der Waals surface area contributed by atoms with Gasteiger partial charge in [0.25, 0.3) is 10.0 Å². The van der Waals surface area contributed by atoms with Gasteiger partial charge in [-0.25, -0.2) is 8.42 Å². The zero-order valence-electron chi connectivity index (χ0n) is 16.7. The molecule has 7 heteroatoms. The highest BCUT2D eigenvalue weighted by Gasteiger charge is 2.27. The molecule has 5 nitrogen and oxygen atoms in total. The number of nitrogens with one attached hydrogen (secondary N) is 1. The molecule has 0 fully saturated rings. The van der Waals surface area contributed by atoms with Crippen molar-refractivity contribution in [2.75, 3.05) is 10.8 Å². The van der Waals surface area contributed by atoms with Crippen LogP contribution in [0.5, 0.6) is 0 Å². The third-order valence-electron chi connectivity index (χ3n) is 4.69. The van der Waals surface area contributed by atoms with E-state index in [9.17, 15) is 13.2 Å². The predicted octanol–water partition coefficient (Wildman–Crippen LogP) is 4.83. The first-order valence-electron chi connectivity index (χ1n) is 9.46. The van der Waals surface area contributed by atoms with Crippen LogP contribution in [0, 0.1) is 6.92 Å². The summed E-state index contributed by atoms with van der Waals surface area (Å²) in [6, 6.07) is 22.6. The largest absolute Gasteiger partial charge is 0.348 e. The monoisotopic (exact) mass is 486 g/mol. The quantitative estimate of drug-likeness (QED) is 0.519. The Morgan fingerprint density at radius 2 is 1.57 bits per heavy atom. The lowest BCUT2D eigenvalue weighted by atomic mass is 10.1. The van der Waals surface area contributed by atoms with Crippen molar-refractivity contribution in [1.29, 1.82) is 0 Å². The maximum Gasteiger partial charge on any atom is 0.264 e. The number of benzene rings is 3. The number of rotatable bonds is 7. The first-order chi connectivity index (χ1) is 14.3. The molecule has 3 aromatic rings. The first-order valence-corrected chi connectivity index (χ1v) is 11.7. The van der Waals surface area contributed by atoms with Gasteiger partial charge in [-0.2, -0.15) is 0 Å². The summed E-state index contributed by atoms with van der Waals surface area (Å²) in [6.45, 7) is 3.55. The van der Waals surface area contributed by atoms with Crippen molar-refractivity contribution < 1.29 is 13.2 Å². The van der Waals surface area contributed by atoms with Crippen molar-refractivity contribution in [2.24, 2.45) is 0 Å². The van der Waals surface area contributed by atoms with E-state index in [4.69, 9.17) is 0 Å². The number of carbonyl (C=O) groups excluding carboxylic acids is 1. The SMILES string of the molecule is Cc1ccc([C@H](C)NC(=O)CN(c2ccc(Br)cc2)S(=O)(=O)c2ccccc2)cc1. The van der Waals surface area contributed by atoms with Gasteiger partial charge in [-0.1, -0.05) is 64.0 Å². The molecule has 0 radical (unpaired) electrons. The third-order valence-corrected chi connectivity index (χ3v) is 7.00. The molecule has 0 saturated heterocycles. The third kappa shape index (κ3) is 5.29. The second-order valence-electron chi connectivity index (χ2n) is 7.00. The van der Waals surface area contributed by atoms with Gasteiger partial charge in [0.1, 0.15) is 6.54 Å². The Bertz CT molecular complexity index is 1100. The molecule has 1 atom stereocenters. The molecule has 0 aliphatic rings. The van der Waals surface area contributed by atoms with Crippen molar-refractivity contribution >= 4 is 37.5 Å². The number of aryl methyl sites for hydroxylation is 1. The summed E-state index contributed by atoms with van der Waals surface area (Å²) in [5.41, 5.74) is 2.50. The molecule has 0 aromatic heterocycles. The van der Waals surface area contributed by atoms with E-state index in [0.717, 1.165) is 19.9 Å². The number of amides is 1. The van der Waals surface area contributed by atoms with Crippen LogP contribution in [0.1, 0.15) is 24.1 Å². The van der Waals surface area contributed by atoms with Gasteiger partial charge < -0.3 is 5.32 Å². The second-order valence-corrected chi connectivity index (χ2v) is 9.78. The number of sulfonamides is 1. The zero-order chi connectivity index (χ0) is 21.7. The summed E-state index contributed by atoms with van der Waals surface area (Å²) < 4.78 is 28.5. The van der Waals surface area contributed by atoms with Crippen LogP contribution >= 0.6 is 15.9 Å². The van der Waals surface area contributed by atoms with E-state index in [-0.39, 0.29) is 23.4 Å². The van der Waals surface area contributed by atoms with E-state index >= 15 is 0 Å². The Kier molecular flexibility index (Phi) is 6.95. The summed E-state index contributed by atoms with van der Waals surface area (Å²) in [5.74, 6) is -0.384. The smallest absolute Gasteiger partial charge is 0.264 e. The van der Waals surface area contributed by atoms with Gasteiger partial charge >= 0.3 is 0 Å². The Morgan fingerprint density at radius 3 is 2.17 bits per heavy atom. The molecular weight excluding hydrogens is 464 g/mol. The van der Waals surface area contributed by atoms with Crippen LogP contribution < -0.4 is 9.62 Å². The first kappa shape index (κ1) is 22.1. The Balaban J connectivity index is 1.86. The van der Waals surface area contributed by atoms with Gasteiger partial charge in [0.05, 0.1) is 16.6 Å². The van der Waals surface area contributed by atoms with Gasteiger partial charge in [-0.15, -0.1) is 0 Å². The molecule has 1 amide bonds. The van der Waals surface area contributed by atoms with E-state index in [1.54, 1.807) is 42.5 Å². The van der Waals surface area contributed by atoms with E-state index in [1.165, 1.54) is 12.1 Å². The maximum absolute atomic E-state index is 13.3. The zero-order valence-corrected chi connectivity index (χ0v) is 19.2. The van der Waals surface area contributed by atoms with Crippen LogP contribution in [0.4, 0.5) is 5.69 Å². The number of nitrogens with zero attached hydrogens (tertiary/aromatic N) is 1. The minimum atomic E-state index is -3.91. The van der Waals surface area contributed by atoms with Crippen LogP contribution in [0.25, 0.3) is 0 Å². The van der Waals surface area contributed by atoms with Crippen molar-refractivity contribution in [1.82, 2.24) is 5.32 Å². The van der Waals surface area contributed by atoms with E-state index in [0.29, 0.717) is 5.69 Å². The average Bonchev–Trinajstić information content (AvgIpc) is 2.74. The summed E-state index contributed by atoms with van der Waals surface area (Å²) in [4.78, 5) is 12.9. The van der Waals surface area contributed by atoms with Gasteiger partial charge in [0.15, 0.2) is 0 Å². The molecular formula is C23H23BrN2O3S. The summed E-state index contributed by atoms with van der Waals surface area (Å²) in [7, 11) is -3.91. The molecule has 0 heterocycles. The highest BCUT2D eigenvalue weighted by atomic mass is 79.9. The van der Waals surface area contributed by atoms with Crippen molar-refractivity contribution in [2.45, 2.75) is 24.8 Å². The number of hydrogen-bond acceptors (Lipinski definition) is 3. The van der Waals surface area contributed by atoms with Gasteiger partial charge in [-0.3, -0.25) is 9.10 Å². The van der Waals surface area contributed by atoms with Crippen LogP contribution in [0.2, 0.25) is 0 Å². The topological polar surface area (TPSA) is 66.5 Å². The number of halogens is 1. The molecule has 1 N–H and O–H groups in total. The number of carbonyl (C=O) groups is 1. The summed E-state index contributed by atoms with van der Waals surface area (Å²) in [6.07, 6.45) is 0. The Hall–Kier alpha value is -2.64. The normalized spacial score (nSPS) is 12.2.